The van der Waals surface area contributed by atoms with Gasteiger partial charge < -0.3 is 10.6 Å². The number of carbonyl (C=O) groups is 1. The number of rotatable bonds is 6. The van der Waals surface area contributed by atoms with Crippen molar-refractivity contribution in [1.29, 1.82) is 0 Å². The van der Waals surface area contributed by atoms with Gasteiger partial charge in [-0.15, -0.1) is 0 Å². The predicted octanol–water partition coefficient (Wildman–Crippen LogP) is 1.15. The first-order valence-corrected chi connectivity index (χ1v) is 5.08. The quantitative estimate of drug-likeness (QED) is 0.611. The van der Waals surface area contributed by atoms with E-state index in [1.807, 2.05) is 20.9 Å². The van der Waals surface area contributed by atoms with E-state index in [2.05, 4.69) is 17.6 Å². The van der Waals surface area contributed by atoms with Crippen LogP contribution in [0.25, 0.3) is 0 Å². The Kier molecular flexibility index (Phi) is 6.59. The van der Waals surface area contributed by atoms with Gasteiger partial charge in [-0.3, -0.25) is 4.79 Å². The average molecular weight is 186 g/mol. The molecule has 13 heavy (non-hydrogen) atoms. The first-order chi connectivity index (χ1) is 6.13. The van der Waals surface area contributed by atoms with Gasteiger partial charge in [-0.2, -0.15) is 0 Å². The molecule has 0 aromatic carbocycles. The highest BCUT2D eigenvalue weighted by molar-refractivity contribution is 5.78. The van der Waals surface area contributed by atoms with Crippen LogP contribution in [0, 0.1) is 5.92 Å². The molecule has 3 heteroatoms. The summed E-state index contributed by atoms with van der Waals surface area (Å²) in [4.78, 5) is 11.5. The fraction of sp³-hybridized carbons (Fsp3) is 0.900. The minimum atomic E-state index is 0.0434. The Bertz CT molecular complexity index is 148. The molecular formula is C10H22N2O. The Morgan fingerprint density at radius 1 is 1.38 bits per heavy atom. The fourth-order valence-electron chi connectivity index (χ4n) is 1.03. The number of carbonyl (C=O) groups excluding carboxylic acids is 1. The molecule has 0 fully saturated rings. The van der Waals surface area contributed by atoms with Crippen molar-refractivity contribution in [2.75, 3.05) is 13.6 Å². The van der Waals surface area contributed by atoms with Gasteiger partial charge in [-0.1, -0.05) is 20.3 Å². The highest BCUT2D eigenvalue weighted by Crippen LogP contribution is 2.01. The first-order valence-electron chi connectivity index (χ1n) is 5.08. The zero-order valence-electron chi connectivity index (χ0n) is 9.18. The van der Waals surface area contributed by atoms with E-state index in [1.165, 1.54) is 0 Å². The molecule has 0 aliphatic carbocycles. The van der Waals surface area contributed by atoms with E-state index in [0.717, 1.165) is 19.4 Å². The van der Waals surface area contributed by atoms with Gasteiger partial charge in [-0.05, 0) is 20.4 Å². The zero-order chi connectivity index (χ0) is 10.3. The summed E-state index contributed by atoms with van der Waals surface area (Å²) >= 11 is 0. The Balaban J connectivity index is 3.69. The van der Waals surface area contributed by atoms with Crippen LogP contribution >= 0.6 is 0 Å². The normalized spacial score (nSPS) is 15.1. The summed E-state index contributed by atoms with van der Waals surface area (Å²) in [6, 6.07) is 0.238. The molecule has 0 saturated carbocycles. The lowest BCUT2D eigenvalue weighted by Gasteiger charge is -2.18. The molecule has 0 spiro atoms. The van der Waals surface area contributed by atoms with Crippen molar-refractivity contribution < 1.29 is 4.79 Å². The molecular weight excluding hydrogens is 164 g/mol. The third-order valence-electron chi connectivity index (χ3n) is 2.45. The molecule has 2 atom stereocenters. The number of unbranched alkanes of at least 4 members (excludes halogenated alkanes) is 1. The summed E-state index contributed by atoms with van der Waals surface area (Å²) in [5.41, 5.74) is 0. The van der Waals surface area contributed by atoms with Crippen molar-refractivity contribution in [2.45, 2.75) is 39.7 Å². The van der Waals surface area contributed by atoms with Gasteiger partial charge in [0, 0.05) is 12.6 Å². The van der Waals surface area contributed by atoms with Crippen LogP contribution < -0.4 is 10.6 Å². The van der Waals surface area contributed by atoms with Crippen molar-refractivity contribution in [1.82, 2.24) is 10.6 Å². The molecule has 0 aromatic heterocycles. The maximum absolute atomic E-state index is 11.5. The van der Waals surface area contributed by atoms with Crippen molar-refractivity contribution in [3.05, 3.63) is 0 Å². The summed E-state index contributed by atoms with van der Waals surface area (Å²) in [5.74, 6) is 0.192. The van der Waals surface area contributed by atoms with Gasteiger partial charge in [0.1, 0.15) is 0 Å². The molecule has 1 amide bonds. The minimum absolute atomic E-state index is 0.0434. The second-order valence-corrected chi connectivity index (χ2v) is 3.51. The molecule has 0 radical (unpaired) electrons. The van der Waals surface area contributed by atoms with Crippen LogP contribution in [0.2, 0.25) is 0 Å². The van der Waals surface area contributed by atoms with Crippen LogP contribution in [0.1, 0.15) is 33.6 Å². The predicted molar refractivity (Wildman–Crippen MR) is 55.6 cm³/mol. The molecule has 0 aromatic rings. The van der Waals surface area contributed by atoms with E-state index < -0.39 is 0 Å². The second kappa shape index (κ2) is 6.89. The lowest BCUT2D eigenvalue weighted by molar-refractivity contribution is -0.125. The van der Waals surface area contributed by atoms with E-state index in [-0.39, 0.29) is 17.9 Å². The summed E-state index contributed by atoms with van der Waals surface area (Å²) in [7, 11) is 1.88. The van der Waals surface area contributed by atoms with Gasteiger partial charge in [0.25, 0.3) is 0 Å². The molecule has 0 aliphatic heterocycles. The summed E-state index contributed by atoms with van der Waals surface area (Å²) in [5, 5.41) is 5.99. The monoisotopic (exact) mass is 186 g/mol. The Morgan fingerprint density at radius 3 is 2.46 bits per heavy atom. The lowest BCUT2D eigenvalue weighted by Crippen LogP contribution is -2.40. The van der Waals surface area contributed by atoms with Gasteiger partial charge in [0.15, 0.2) is 0 Å². The molecule has 3 nitrogen and oxygen atoms in total. The van der Waals surface area contributed by atoms with E-state index in [1.54, 1.807) is 0 Å². The summed E-state index contributed by atoms with van der Waals surface area (Å²) < 4.78 is 0. The SMILES string of the molecule is CCCCNC(=O)C(C)C(C)NC. The zero-order valence-corrected chi connectivity index (χ0v) is 9.18. The van der Waals surface area contributed by atoms with Crippen molar-refractivity contribution in [3.8, 4) is 0 Å². The van der Waals surface area contributed by atoms with Crippen molar-refractivity contribution in [3.63, 3.8) is 0 Å². The third kappa shape index (κ3) is 4.88. The van der Waals surface area contributed by atoms with Gasteiger partial charge in [0.2, 0.25) is 5.91 Å². The Labute approximate surface area is 81.3 Å². The number of nitrogens with one attached hydrogen (secondary N) is 2. The van der Waals surface area contributed by atoms with E-state index in [4.69, 9.17) is 0 Å². The number of amides is 1. The highest BCUT2D eigenvalue weighted by atomic mass is 16.1. The average Bonchev–Trinajstić information content (AvgIpc) is 2.15. The van der Waals surface area contributed by atoms with E-state index >= 15 is 0 Å². The molecule has 2 unspecified atom stereocenters. The van der Waals surface area contributed by atoms with E-state index in [0.29, 0.717) is 0 Å². The molecule has 0 saturated heterocycles. The van der Waals surface area contributed by atoms with Gasteiger partial charge >= 0.3 is 0 Å². The minimum Gasteiger partial charge on any atom is -0.356 e. The smallest absolute Gasteiger partial charge is 0.224 e. The van der Waals surface area contributed by atoms with Crippen LogP contribution in [-0.4, -0.2) is 25.5 Å². The maximum Gasteiger partial charge on any atom is 0.224 e. The fourth-order valence-corrected chi connectivity index (χ4v) is 1.03. The van der Waals surface area contributed by atoms with Gasteiger partial charge in [0.05, 0.1) is 5.92 Å². The Hall–Kier alpha value is -0.570. The number of hydrogen-bond acceptors (Lipinski definition) is 2. The maximum atomic E-state index is 11.5. The van der Waals surface area contributed by atoms with Crippen LogP contribution in [-0.2, 0) is 4.79 Å². The van der Waals surface area contributed by atoms with Crippen LogP contribution in [0.15, 0.2) is 0 Å². The molecule has 0 aliphatic rings. The van der Waals surface area contributed by atoms with Crippen LogP contribution in [0.5, 0.6) is 0 Å². The molecule has 0 rings (SSSR count). The number of hydrogen-bond donors (Lipinski definition) is 2. The van der Waals surface area contributed by atoms with Gasteiger partial charge in [-0.25, -0.2) is 0 Å². The summed E-state index contributed by atoms with van der Waals surface area (Å²) in [6.07, 6.45) is 2.18. The molecule has 0 bridgehead atoms. The molecule has 78 valence electrons. The Morgan fingerprint density at radius 2 is 2.00 bits per heavy atom. The molecule has 2 N–H and O–H groups in total. The lowest BCUT2D eigenvalue weighted by atomic mass is 10.0. The standard InChI is InChI=1S/C10H22N2O/c1-5-6-7-12-10(13)8(2)9(3)11-4/h8-9,11H,5-7H2,1-4H3,(H,12,13). The van der Waals surface area contributed by atoms with Crippen molar-refractivity contribution >= 4 is 5.91 Å². The molecule has 0 heterocycles. The third-order valence-corrected chi connectivity index (χ3v) is 2.45. The van der Waals surface area contributed by atoms with E-state index in [9.17, 15) is 4.79 Å². The summed E-state index contributed by atoms with van der Waals surface area (Å²) in [6.45, 7) is 6.88. The largest absolute Gasteiger partial charge is 0.356 e. The topological polar surface area (TPSA) is 41.1 Å². The van der Waals surface area contributed by atoms with Crippen molar-refractivity contribution in [2.24, 2.45) is 5.92 Å². The van der Waals surface area contributed by atoms with Crippen LogP contribution in [0.3, 0.4) is 0 Å². The second-order valence-electron chi connectivity index (χ2n) is 3.51. The highest BCUT2D eigenvalue weighted by Gasteiger charge is 2.17. The van der Waals surface area contributed by atoms with Crippen LogP contribution in [0.4, 0.5) is 0 Å². The first kappa shape index (κ1) is 12.4.